The number of aryl methyl sites for hydroxylation is 1. The van der Waals surface area contributed by atoms with E-state index in [-0.39, 0.29) is 17.8 Å². The molecule has 0 amide bonds. The van der Waals surface area contributed by atoms with E-state index in [1.807, 2.05) is 0 Å². The number of benzene rings is 1. The molecule has 0 bridgehead atoms. The lowest BCUT2D eigenvalue weighted by molar-refractivity contribution is 0.461. The third-order valence-electron chi connectivity index (χ3n) is 3.85. The van der Waals surface area contributed by atoms with Gasteiger partial charge in [-0.25, -0.2) is 4.39 Å². The highest BCUT2D eigenvalue weighted by atomic mass is 79.9. The highest BCUT2D eigenvalue weighted by Crippen LogP contribution is 2.42. The molecule has 1 aliphatic rings. The Balaban J connectivity index is 1.97. The smallest absolute Gasteiger partial charge is 0.128 e. The molecule has 0 radical (unpaired) electrons. The quantitative estimate of drug-likeness (QED) is 0.837. The van der Waals surface area contributed by atoms with E-state index in [4.69, 9.17) is 5.73 Å². The van der Waals surface area contributed by atoms with Crippen LogP contribution in [0.2, 0.25) is 0 Å². The maximum atomic E-state index is 14.0. The van der Waals surface area contributed by atoms with Crippen LogP contribution in [-0.2, 0) is 6.42 Å². The molecule has 2 atom stereocenters. The number of nitrogens with two attached hydrogens (primary N) is 1. The molecule has 0 fully saturated rings. The maximum Gasteiger partial charge on any atom is 0.128 e. The Kier molecular flexibility index (Phi) is 3.74. The monoisotopic (exact) mass is 339 g/mol. The van der Waals surface area contributed by atoms with Gasteiger partial charge >= 0.3 is 0 Å². The minimum atomic E-state index is -0.272. The zero-order valence-electron chi connectivity index (χ0n) is 10.4. The van der Waals surface area contributed by atoms with Crippen molar-refractivity contribution < 1.29 is 4.39 Å². The molecule has 1 heterocycles. The highest BCUT2D eigenvalue weighted by molar-refractivity contribution is 9.10. The fourth-order valence-corrected chi connectivity index (χ4v) is 4.26. The Morgan fingerprint density at radius 1 is 1.37 bits per heavy atom. The Morgan fingerprint density at radius 2 is 2.21 bits per heavy atom. The van der Waals surface area contributed by atoms with Crippen molar-refractivity contribution in [2.75, 3.05) is 0 Å². The molecule has 100 valence electrons. The van der Waals surface area contributed by atoms with Crippen LogP contribution >= 0.6 is 27.3 Å². The Bertz CT molecular complexity index is 596. The number of fused-ring (bicyclic) bond motifs is 1. The lowest BCUT2D eigenvalue weighted by Crippen LogP contribution is -2.23. The minimum absolute atomic E-state index is 0.210. The second-order valence-corrected chi connectivity index (χ2v) is 6.91. The minimum Gasteiger partial charge on any atom is -0.323 e. The molecule has 3 rings (SSSR count). The number of hydrogen-bond acceptors (Lipinski definition) is 2. The fraction of sp³-hybridized carbons (Fsp3) is 0.333. The molecule has 2 N–H and O–H groups in total. The van der Waals surface area contributed by atoms with Crippen LogP contribution in [0.1, 0.15) is 40.8 Å². The van der Waals surface area contributed by atoms with E-state index in [1.165, 1.54) is 16.5 Å². The van der Waals surface area contributed by atoms with E-state index in [0.717, 1.165) is 23.7 Å². The van der Waals surface area contributed by atoms with Gasteiger partial charge in [-0.05, 0) is 54.5 Å². The van der Waals surface area contributed by atoms with Crippen LogP contribution in [0, 0.1) is 5.82 Å². The molecule has 0 spiro atoms. The van der Waals surface area contributed by atoms with Gasteiger partial charge < -0.3 is 5.73 Å². The van der Waals surface area contributed by atoms with Crippen LogP contribution in [0.4, 0.5) is 4.39 Å². The van der Waals surface area contributed by atoms with Gasteiger partial charge in [-0.15, -0.1) is 11.3 Å². The normalized spacial score (nSPS) is 20.1. The van der Waals surface area contributed by atoms with E-state index in [0.29, 0.717) is 5.56 Å². The van der Waals surface area contributed by atoms with E-state index in [1.54, 1.807) is 23.5 Å². The van der Waals surface area contributed by atoms with Crippen molar-refractivity contribution in [3.8, 4) is 0 Å². The van der Waals surface area contributed by atoms with Crippen molar-refractivity contribution in [2.24, 2.45) is 5.73 Å². The average Bonchev–Trinajstić information content (AvgIpc) is 2.89. The molecule has 1 aromatic carbocycles. The first-order chi connectivity index (χ1) is 9.16. The van der Waals surface area contributed by atoms with Crippen molar-refractivity contribution in [3.05, 3.63) is 55.9 Å². The fourth-order valence-electron chi connectivity index (χ4n) is 2.88. The van der Waals surface area contributed by atoms with E-state index in [2.05, 4.69) is 27.4 Å². The summed E-state index contributed by atoms with van der Waals surface area (Å²) < 4.78 is 14.9. The summed E-state index contributed by atoms with van der Waals surface area (Å²) in [5, 5.41) is 2.12. The van der Waals surface area contributed by atoms with Crippen molar-refractivity contribution in [2.45, 2.75) is 31.2 Å². The summed E-state index contributed by atoms with van der Waals surface area (Å²) >= 11 is 5.18. The molecule has 1 nitrogen and oxygen atoms in total. The number of halogens is 2. The van der Waals surface area contributed by atoms with E-state index < -0.39 is 0 Å². The molecular weight excluding hydrogens is 325 g/mol. The zero-order valence-corrected chi connectivity index (χ0v) is 12.8. The standard InChI is InChI=1S/C15H15BrFNS/c16-9-4-5-13(17)12(8-9)15(18)11-2-1-3-14-10(11)6-7-19-14/h4-8,11,15H,1-3,18H2. The van der Waals surface area contributed by atoms with Gasteiger partial charge in [-0.3, -0.25) is 0 Å². The van der Waals surface area contributed by atoms with Crippen LogP contribution in [0.25, 0.3) is 0 Å². The third kappa shape index (κ3) is 2.49. The van der Waals surface area contributed by atoms with Crippen LogP contribution in [-0.4, -0.2) is 0 Å². The predicted molar refractivity (Wildman–Crippen MR) is 81.0 cm³/mol. The Labute approximate surface area is 124 Å². The summed E-state index contributed by atoms with van der Waals surface area (Å²) in [4.78, 5) is 1.42. The van der Waals surface area contributed by atoms with E-state index in [9.17, 15) is 4.39 Å². The molecule has 4 heteroatoms. The second kappa shape index (κ2) is 5.35. The summed E-state index contributed by atoms with van der Waals surface area (Å²) in [6, 6.07) is 6.88. The molecular formula is C15H15BrFNS. The number of thiophene rings is 1. The lowest BCUT2D eigenvalue weighted by atomic mass is 9.80. The zero-order chi connectivity index (χ0) is 13.4. The summed E-state index contributed by atoms with van der Waals surface area (Å²) in [5.74, 6) is 0.0249. The molecule has 19 heavy (non-hydrogen) atoms. The molecule has 1 aromatic heterocycles. The van der Waals surface area contributed by atoms with Crippen LogP contribution < -0.4 is 5.73 Å². The lowest BCUT2D eigenvalue weighted by Gasteiger charge is -2.28. The van der Waals surface area contributed by atoms with Crippen LogP contribution in [0.5, 0.6) is 0 Å². The molecule has 2 unspecified atom stereocenters. The Morgan fingerprint density at radius 3 is 3.05 bits per heavy atom. The van der Waals surface area contributed by atoms with Gasteiger partial charge in [0.1, 0.15) is 5.82 Å². The summed E-state index contributed by atoms with van der Waals surface area (Å²) in [6.07, 6.45) is 3.32. The first-order valence-corrected chi connectivity index (χ1v) is 8.11. The largest absolute Gasteiger partial charge is 0.323 e. The summed E-state index contributed by atoms with van der Waals surface area (Å²) in [6.45, 7) is 0. The van der Waals surface area contributed by atoms with E-state index >= 15 is 0 Å². The molecule has 0 aliphatic heterocycles. The molecule has 1 aliphatic carbocycles. The van der Waals surface area contributed by atoms with Gasteiger partial charge in [0, 0.05) is 26.9 Å². The highest BCUT2D eigenvalue weighted by Gasteiger charge is 2.28. The predicted octanol–water partition coefficient (Wildman–Crippen LogP) is 4.77. The number of rotatable bonds is 2. The SMILES string of the molecule is NC(c1cc(Br)ccc1F)C1CCCc2sccc21. The van der Waals surface area contributed by atoms with Crippen molar-refractivity contribution in [1.82, 2.24) is 0 Å². The molecule has 0 saturated carbocycles. The van der Waals surface area contributed by atoms with Crippen molar-refractivity contribution in [1.29, 1.82) is 0 Å². The maximum absolute atomic E-state index is 14.0. The van der Waals surface area contributed by atoms with Gasteiger partial charge in [-0.1, -0.05) is 15.9 Å². The second-order valence-electron chi connectivity index (χ2n) is 4.99. The molecule has 2 aromatic rings. The topological polar surface area (TPSA) is 26.0 Å². The number of hydrogen-bond donors (Lipinski definition) is 1. The van der Waals surface area contributed by atoms with Gasteiger partial charge in [0.05, 0.1) is 0 Å². The summed E-state index contributed by atoms with van der Waals surface area (Å²) in [5.41, 5.74) is 8.29. The summed E-state index contributed by atoms with van der Waals surface area (Å²) in [7, 11) is 0. The van der Waals surface area contributed by atoms with Crippen molar-refractivity contribution in [3.63, 3.8) is 0 Å². The van der Waals surface area contributed by atoms with Gasteiger partial charge in [0.2, 0.25) is 0 Å². The van der Waals surface area contributed by atoms with Crippen LogP contribution in [0.3, 0.4) is 0 Å². The van der Waals surface area contributed by atoms with Crippen molar-refractivity contribution >= 4 is 27.3 Å². The van der Waals surface area contributed by atoms with Crippen LogP contribution in [0.15, 0.2) is 34.1 Å². The average molecular weight is 340 g/mol. The van der Waals surface area contributed by atoms with Gasteiger partial charge in [0.15, 0.2) is 0 Å². The van der Waals surface area contributed by atoms with Gasteiger partial charge in [0.25, 0.3) is 0 Å². The van der Waals surface area contributed by atoms with Gasteiger partial charge in [-0.2, -0.15) is 0 Å². The molecule has 0 saturated heterocycles. The Hall–Kier alpha value is -0.710. The first kappa shape index (κ1) is 13.3. The third-order valence-corrected chi connectivity index (χ3v) is 5.34. The first-order valence-electron chi connectivity index (χ1n) is 6.43.